The van der Waals surface area contributed by atoms with Gasteiger partial charge in [0.25, 0.3) is 5.91 Å². The van der Waals surface area contributed by atoms with Crippen LogP contribution >= 0.6 is 0 Å². The monoisotopic (exact) mass is 487 g/mol. The first-order valence-corrected chi connectivity index (χ1v) is 12.5. The highest BCUT2D eigenvalue weighted by molar-refractivity contribution is 5.93. The number of carbonyl (C=O) groups is 1. The molecule has 0 unspecified atom stereocenters. The molecule has 0 aliphatic heterocycles. The van der Waals surface area contributed by atoms with Gasteiger partial charge in [0.15, 0.2) is 0 Å². The summed E-state index contributed by atoms with van der Waals surface area (Å²) in [4.78, 5) is 24.6. The number of rotatable bonds is 7. The highest BCUT2D eigenvalue weighted by Crippen LogP contribution is 2.31. The first-order chi connectivity index (χ1) is 16.9. The van der Waals surface area contributed by atoms with Crippen molar-refractivity contribution in [3.8, 4) is 5.75 Å². The van der Waals surface area contributed by atoms with Gasteiger partial charge in [-0.25, -0.2) is 4.98 Å². The largest absolute Gasteiger partial charge is 0.506 e. The standard InChI is InChI=1S/C29H37N5O2/c1-28(2,3)18-29(4,5)33-25-17-23(31-27(32-25)30-22-13-9-10-14-24(22)35)26(36)34(6)21-15-19-11-7-8-12-20(19)16-21/h7-14,17,21,35H,15-16,18H2,1-6H3,(H2,30,31,32,33). The lowest BCUT2D eigenvalue weighted by Crippen LogP contribution is -2.38. The summed E-state index contributed by atoms with van der Waals surface area (Å²) >= 11 is 0. The van der Waals surface area contributed by atoms with Crippen molar-refractivity contribution in [2.24, 2.45) is 5.41 Å². The van der Waals surface area contributed by atoms with E-state index in [1.54, 1.807) is 29.2 Å². The van der Waals surface area contributed by atoms with Crippen molar-refractivity contribution in [2.45, 2.75) is 65.5 Å². The summed E-state index contributed by atoms with van der Waals surface area (Å²) < 4.78 is 0. The van der Waals surface area contributed by atoms with Crippen LogP contribution in [0.5, 0.6) is 5.75 Å². The van der Waals surface area contributed by atoms with Gasteiger partial charge in [0.2, 0.25) is 5.95 Å². The second-order valence-corrected chi connectivity index (χ2v) is 11.6. The minimum atomic E-state index is -0.266. The Morgan fingerprint density at radius 1 is 1.00 bits per heavy atom. The number of hydrogen-bond acceptors (Lipinski definition) is 6. The number of amides is 1. The first-order valence-electron chi connectivity index (χ1n) is 12.5. The van der Waals surface area contributed by atoms with Crippen LogP contribution in [0, 0.1) is 5.41 Å². The third-order valence-electron chi connectivity index (χ3n) is 6.43. The van der Waals surface area contributed by atoms with Crippen molar-refractivity contribution in [1.82, 2.24) is 14.9 Å². The molecule has 0 fully saturated rings. The van der Waals surface area contributed by atoms with Crippen molar-refractivity contribution in [3.05, 3.63) is 71.4 Å². The number of aromatic hydroxyl groups is 1. The number of carbonyl (C=O) groups excluding carboxylic acids is 1. The van der Waals surface area contributed by atoms with Crippen molar-refractivity contribution in [2.75, 3.05) is 17.7 Å². The molecule has 36 heavy (non-hydrogen) atoms. The molecule has 3 aromatic rings. The fourth-order valence-electron chi connectivity index (χ4n) is 5.25. The molecule has 7 heteroatoms. The van der Waals surface area contributed by atoms with Gasteiger partial charge in [0.05, 0.1) is 5.69 Å². The number of phenolic OH excluding ortho intramolecular Hbond substituents is 1. The Kier molecular flexibility index (Phi) is 6.94. The summed E-state index contributed by atoms with van der Waals surface area (Å²) in [5.74, 6) is 0.733. The van der Waals surface area contributed by atoms with Crippen LogP contribution in [0.25, 0.3) is 0 Å². The van der Waals surface area contributed by atoms with Gasteiger partial charge in [-0.15, -0.1) is 0 Å². The van der Waals surface area contributed by atoms with Crippen LogP contribution < -0.4 is 10.6 Å². The maximum Gasteiger partial charge on any atom is 0.272 e. The molecule has 1 heterocycles. The smallest absolute Gasteiger partial charge is 0.272 e. The second kappa shape index (κ2) is 9.80. The van der Waals surface area contributed by atoms with Gasteiger partial charge < -0.3 is 20.6 Å². The zero-order valence-electron chi connectivity index (χ0n) is 22.1. The Morgan fingerprint density at radius 3 is 2.22 bits per heavy atom. The van der Waals surface area contributed by atoms with Crippen LogP contribution in [0.4, 0.5) is 17.5 Å². The number of nitrogens with zero attached hydrogens (tertiary/aromatic N) is 3. The third kappa shape index (κ3) is 6.14. The number of para-hydroxylation sites is 2. The van der Waals surface area contributed by atoms with Crippen molar-refractivity contribution >= 4 is 23.4 Å². The molecule has 1 aromatic heterocycles. The molecule has 1 aliphatic rings. The van der Waals surface area contributed by atoms with Crippen LogP contribution in [-0.2, 0) is 12.8 Å². The van der Waals surface area contributed by atoms with Gasteiger partial charge in [0.1, 0.15) is 17.3 Å². The number of nitrogens with one attached hydrogen (secondary N) is 2. The number of hydrogen-bond donors (Lipinski definition) is 3. The molecule has 0 spiro atoms. The average molecular weight is 488 g/mol. The molecule has 190 valence electrons. The highest BCUT2D eigenvalue weighted by Gasteiger charge is 2.30. The summed E-state index contributed by atoms with van der Waals surface area (Å²) in [5.41, 5.74) is 3.20. The molecule has 4 rings (SSSR count). The Balaban J connectivity index is 1.63. The normalized spacial score (nSPS) is 13.8. The van der Waals surface area contributed by atoms with E-state index in [0.29, 0.717) is 17.2 Å². The first kappa shape index (κ1) is 25.5. The maximum atomic E-state index is 13.6. The Morgan fingerprint density at radius 2 is 1.61 bits per heavy atom. The SMILES string of the molecule is CN(C(=O)c1cc(NC(C)(C)CC(C)(C)C)nc(Nc2ccccc2O)n1)C1Cc2ccccc2C1. The van der Waals surface area contributed by atoms with E-state index in [0.717, 1.165) is 19.3 Å². The average Bonchev–Trinajstić information content (AvgIpc) is 3.22. The van der Waals surface area contributed by atoms with Crippen molar-refractivity contribution in [3.63, 3.8) is 0 Å². The maximum absolute atomic E-state index is 13.6. The van der Waals surface area contributed by atoms with Crippen LogP contribution in [0.3, 0.4) is 0 Å². The molecule has 1 amide bonds. The van der Waals surface area contributed by atoms with E-state index < -0.39 is 0 Å². The van der Waals surface area contributed by atoms with Crippen molar-refractivity contribution in [1.29, 1.82) is 0 Å². The number of fused-ring (bicyclic) bond motifs is 1. The molecule has 0 radical (unpaired) electrons. The van der Waals surface area contributed by atoms with E-state index in [-0.39, 0.29) is 34.6 Å². The highest BCUT2D eigenvalue weighted by atomic mass is 16.3. The topological polar surface area (TPSA) is 90.4 Å². The number of aromatic nitrogens is 2. The summed E-state index contributed by atoms with van der Waals surface area (Å²) in [7, 11) is 1.84. The van der Waals surface area contributed by atoms with Gasteiger partial charge in [0, 0.05) is 24.7 Å². The third-order valence-corrected chi connectivity index (χ3v) is 6.43. The van der Waals surface area contributed by atoms with Crippen LogP contribution in [0.1, 0.15) is 62.7 Å². The fraction of sp³-hybridized carbons (Fsp3) is 0.414. The van der Waals surface area contributed by atoms with E-state index in [4.69, 9.17) is 0 Å². The summed E-state index contributed by atoms with van der Waals surface area (Å²) in [6, 6.07) is 17.0. The quantitative estimate of drug-likeness (QED) is 0.365. The summed E-state index contributed by atoms with van der Waals surface area (Å²) in [5, 5.41) is 16.8. The minimum absolute atomic E-state index is 0.0770. The molecule has 2 aromatic carbocycles. The molecule has 7 nitrogen and oxygen atoms in total. The van der Waals surface area contributed by atoms with E-state index in [1.165, 1.54) is 11.1 Å². The number of anilines is 3. The zero-order chi connectivity index (χ0) is 26.1. The number of phenols is 1. The molecule has 0 saturated heterocycles. The molecule has 0 atom stereocenters. The zero-order valence-corrected chi connectivity index (χ0v) is 22.1. The predicted octanol–water partition coefficient (Wildman–Crippen LogP) is 5.79. The van der Waals surface area contributed by atoms with E-state index in [9.17, 15) is 9.90 Å². The summed E-state index contributed by atoms with van der Waals surface area (Å²) in [6.45, 7) is 10.8. The molecule has 3 N–H and O–H groups in total. The minimum Gasteiger partial charge on any atom is -0.506 e. The lowest BCUT2D eigenvalue weighted by atomic mass is 9.82. The predicted molar refractivity (Wildman–Crippen MR) is 145 cm³/mol. The van der Waals surface area contributed by atoms with Gasteiger partial charge in [-0.05, 0) is 61.8 Å². The molecule has 1 aliphatic carbocycles. The lowest BCUT2D eigenvalue weighted by Gasteiger charge is -2.34. The molecule has 0 bridgehead atoms. The number of likely N-dealkylation sites (N-methyl/N-ethyl adjacent to an activating group) is 1. The molecule has 0 saturated carbocycles. The van der Waals surface area contributed by atoms with Gasteiger partial charge in [-0.2, -0.15) is 4.98 Å². The van der Waals surface area contributed by atoms with Gasteiger partial charge in [-0.3, -0.25) is 4.79 Å². The van der Waals surface area contributed by atoms with Gasteiger partial charge >= 0.3 is 0 Å². The van der Waals surface area contributed by atoms with Gasteiger partial charge in [-0.1, -0.05) is 57.2 Å². The Bertz CT molecular complexity index is 1220. The van der Waals surface area contributed by atoms with Crippen LogP contribution in [0.15, 0.2) is 54.6 Å². The summed E-state index contributed by atoms with van der Waals surface area (Å²) in [6.07, 6.45) is 2.56. The van der Waals surface area contributed by atoms with E-state index >= 15 is 0 Å². The molecular weight excluding hydrogens is 450 g/mol. The number of benzene rings is 2. The van der Waals surface area contributed by atoms with Crippen molar-refractivity contribution < 1.29 is 9.90 Å². The van der Waals surface area contributed by atoms with E-state index in [1.807, 2.05) is 25.2 Å². The van der Waals surface area contributed by atoms with E-state index in [2.05, 4.69) is 67.4 Å². The lowest BCUT2D eigenvalue weighted by molar-refractivity contribution is 0.0731. The second-order valence-electron chi connectivity index (χ2n) is 11.6. The molecular formula is C29H37N5O2. The van der Waals surface area contributed by atoms with Crippen LogP contribution in [-0.4, -0.2) is 44.5 Å². The van der Waals surface area contributed by atoms with Crippen LogP contribution in [0.2, 0.25) is 0 Å². The Hall–Kier alpha value is -3.61. The Labute approximate surface area is 214 Å². The fourth-order valence-corrected chi connectivity index (χ4v) is 5.25.